The number of hydrogen-bond donors (Lipinski definition) is 1. The van der Waals surface area contributed by atoms with E-state index < -0.39 is 5.60 Å². The second-order valence-corrected chi connectivity index (χ2v) is 7.64. The fourth-order valence-electron chi connectivity index (χ4n) is 4.01. The van der Waals surface area contributed by atoms with Crippen LogP contribution in [0.25, 0.3) is 0 Å². The van der Waals surface area contributed by atoms with Gasteiger partial charge in [0.05, 0.1) is 6.42 Å². The number of fused-ring (bicyclic) bond motifs is 1. The van der Waals surface area contributed by atoms with Gasteiger partial charge in [-0.3, -0.25) is 9.59 Å². The molecule has 3 atom stereocenters. The lowest BCUT2D eigenvalue weighted by molar-refractivity contribution is -0.163. The molecule has 0 bridgehead atoms. The fraction of sp³-hybridized carbons (Fsp3) is 0.765. The topological polar surface area (TPSA) is 69.4 Å². The van der Waals surface area contributed by atoms with Crippen LogP contribution < -0.4 is 5.73 Å². The Labute approximate surface area is 127 Å². The summed E-state index contributed by atoms with van der Waals surface area (Å²) in [5.74, 6) is 0.352. The molecule has 0 aromatic rings. The van der Waals surface area contributed by atoms with Gasteiger partial charge >= 0.3 is 5.97 Å². The van der Waals surface area contributed by atoms with E-state index >= 15 is 0 Å². The highest BCUT2D eigenvalue weighted by Crippen LogP contribution is 2.61. The molecule has 0 aromatic carbocycles. The lowest BCUT2D eigenvalue weighted by Gasteiger charge is -2.51. The maximum absolute atomic E-state index is 12.2. The molecule has 1 fully saturated rings. The Hall–Kier alpha value is -1.32. The van der Waals surface area contributed by atoms with E-state index in [4.69, 9.17) is 10.5 Å². The summed E-state index contributed by atoms with van der Waals surface area (Å²) in [5, 5.41) is 0. The van der Waals surface area contributed by atoms with Crippen LogP contribution in [0.4, 0.5) is 0 Å². The maximum Gasteiger partial charge on any atom is 0.306 e. The number of hydrogen-bond acceptors (Lipinski definition) is 3. The van der Waals surface area contributed by atoms with Crippen LogP contribution in [-0.2, 0) is 14.3 Å². The molecule has 0 aromatic heterocycles. The molecule has 4 nitrogen and oxygen atoms in total. The Kier molecular flexibility index (Phi) is 4.18. The summed E-state index contributed by atoms with van der Waals surface area (Å²) >= 11 is 0. The molecular weight excluding hydrogens is 266 g/mol. The van der Waals surface area contributed by atoms with Crippen LogP contribution in [0.1, 0.15) is 59.8 Å². The van der Waals surface area contributed by atoms with Gasteiger partial charge in [0.15, 0.2) is 0 Å². The number of allylic oxidation sites excluding steroid dienone is 2. The quantitative estimate of drug-likeness (QED) is 0.626. The zero-order valence-electron chi connectivity index (χ0n) is 13.6. The smallest absolute Gasteiger partial charge is 0.306 e. The van der Waals surface area contributed by atoms with Crippen molar-refractivity contribution in [1.29, 1.82) is 0 Å². The van der Waals surface area contributed by atoms with Gasteiger partial charge < -0.3 is 10.5 Å². The van der Waals surface area contributed by atoms with Gasteiger partial charge in [0, 0.05) is 6.42 Å². The molecule has 2 aliphatic rings. The van der Waals surface area contributed by atoms with Gasteiger partial charge in [-0.25, -0.2) is 0 Å². The number of primary amides is 1. The second kappa shape index (κ2) is 5.47. The third kappa shape index (κ3) is 3.47. The summed E-state index contributed by atoms with van der Waals surface area (Å²) in [6, 6.07) is 0. The largest absolute Gasteiger partial charge is 0.460 e. The molecule has 0 saturated heterocycles. The molecule has 1 amide bonds. The van der Waals surface area contributed by atoms with Crippen LogP contribution in [0.15, 0.2) is 11.6 Å². The molecule has 0 radical (unpaired) electrons. The molecule has 21 heavy (non-hydrogen) atoms. The molecule has 0 aliphatic heterocycles. The first-order valence-electron chi connectivity index (χ1n) is 7.85. The summed E-state index contributed by atoms with van der Waals surface area (Å²) < 4.78 is 5.44. The SMILES string of the molecule is CCC1=C[C@@H]2[C@H](C1)CC2(CC(N)=O)CC(=O)OC(C)(C)C. The van der Waals surface area contributed by atoms with Crippen LogP contribution in [-0.4, -0.2) is 17.5 Å². The predicted molar refractivity (Wildman–Crippen MR) is 81.3 cm³/mol. The zero-order valence-corrected chi connectivity index (χ0v) is 13.6. The number of nitrogens with two attached hydrogens (primary N) is 1. The Morgan fingerprint density at radius 1 is 1.38 bits per heavy atom. The number of ether oxygens (including phenoxy) is 1. The van der Waals surface area contributed by atoms with Gasteiger partial charge in [-0.15, -0.1) is 0 Å². The van der Waals surface area contributed by atoms with E-state index in [1.165, 1.54) is 5.57 Å². The summed E-state index contributed by atoms with van der Waals surface area (Å²) in [6.07, 6.45) is 5.91. The van der Waals surface area contributed by atoms with E-state index in [0.717, 1.165) is 19.3 Å². The van der Waals surface area contributed by atoms with Crippen molar-refractivity contribution in [2.75, 3.05) is 0 Å². The first-order valence-corrected chi connectivity index (χ1v) is 7.85. The summed E-state index contributed by atoms with van der Waals surface area (Å²) in [7, 11) is 0. The van der Waals surface area contributed by atoms with Crippen molar-refractivity contribution in [3.8, 4) is 0 Å². The number of carbonyl (C=O) groups excluding carboxylic acids is 2. The van der Waals surface area contributed by atoms with Crippen LogP contribution in [0.5, 0.6) is 0 Å². The zero-order chi connectivity index (χ0) is 15.8. The summed E-state index contributed by atoms with van der Waals surface area (Å²) in [5.41, 5.74) is 6.07. The lowest BCUT2D eigenvalue weighted by Crippen LogP contribution is -2.49. The van der Waals surface area contributed by atoms with Crippen molar-refractivity contribution in [3.63, 3.8) is 0 Å². The first-order chi connectivity index (χ1) is 9.65. The third-order valence-electron chi connectivity index (χ3n) is 4.72. The molecule has 4 heteroatoms. The summed E-state index contributed by atoms with van der Waals surface area (Å²) in [4.78, 5) is 23.7. The van der Waals surface area contributed by atoms with Crippen LogP contribution in [0.2, 0.25) is 0 Å². The van der Waals surface area contributed by atoms with E-state index in [1.54, 1.807) is 0 Å². The normalized spacial score (nSPS) is 31.1. The van der Waals surface area contributed by atoms with Gasteiger partial charge in [0.25, 0.3) is 0 Å². The highest BCUT2D eigenvalue weighted by atomic mass is 16.6. The predicted octanol–water partition coefficient (Wildman–Crippen LogP) is 2.96. The first kappa shape index (κ1) is 16.1. The van der Waals surface area contributed by atoms with Gasteiger partial charge in [-0.05, 0) is 57.3 Å². The molecule has 1 unspecified atom stereocenters. The Balaban J connectivity index is 2.11. The Bertz CT molecular complexity index is 475. The van der Waals surface area contributed by atoms with E-state index in [2.05, 4.69) is 13.0 Å². The number of rotatable bonds is 5. The van der Waals surface area contributed by atoms with Crippen molar-refractivity contribution in [1.82, 2.24) is 0 Å². The van der Waals surface area contributed by atoms with Crippen molar-refractivity contribution in [2.45, 2.75) is 65.4 Å². The molecule has 1 saturated carbocycles. The average molecular weight is 293 g/mol. The minimum atomic E-state index is -0.492. The van der Waals surface area contributed by atoms with E-state index in [0.29, 0.717) is 18.3 Å². The van der Waals surface area contributed by atoms with Gasteiger partial charge in [0.1, 0.15) is 5.60 Å². The number of amides is 1. The van der Waals surface area contributed by atoms with Crippen molar-refractivity contribution in [3.05, 3.63) is 11.6 Å². The van der Waals surface area contributed by atoms with E-state index in [-0.39, 0.29) is 23.7 Å². The highest BCUT2D eigenvalue weighted by molar-refractivity contribution is 5.77. The van der Waals surface area contributed by atoms with Gasteiger partial charge in [-0.2, -0.15) is 0 Å². The maximum atomic E-state index is 12.2. The van der Waals surface area contributed by atoms with Crippen LogP contribution in [0, 0.1) is 17.3 Å². The molecule has 0 spiro atoms. The minimum Gasteiger partial charge on any atom is -0.460 e. The highest BCUT2D eigenvalue weighted by Gasteiger charge is 2.56. The van der Waals surface area contributed by atoms with E-state index in [9.17, 15) is 9.59 Å². The molecule has 2 N–H and O–H groups in total. The number of carbonyl (C=O) groups is 2. The third-order valence-corrected chi connectivity index (χ3v) is 4.72. The van der Waals surface area contributed by atoms with E-state index in [1.807, 2.05) is 20.8 Å². The second-order valence-electron chi connectivity index (χ2n) is 7.64. The molecular formula is C17H27NO3. The number of esters is 1. The molecule has 2 aliphatic carbocycles. The van der Waals surface area contributed by atoms with Crippen LogP contribution >= 0.6 is 0 Å². The monoisotopic (exact) mass is 293 g/mol. The van der Waals surface area contributed by atoms with Crippen molar-refractivity contribution in [2.24, 2.45) is 23.0 Å². The van der Waals surface area contributed by atoms with Gasteiger partial charge in [-0.1, -0.05) is 18.6 Å². The van der Waals surface area contributed by atoms with Crippen LogP contribution in [0.3, 0.4) is 0 Å². The van der Waals surface area contributed by atoms with Crippen molar-refractivity contribution >= 4 is 11.9 Å². The lowest BCUT2D eigenvalue weighted by atomic mass is 9.52. The molecule has 0 heterocycles. The Morgan fingerprint density at radius 2 is 2.05 bits per heavy atom. The average Bonchev–Trinajstić information content (AvgIpc) is 2.63. The molecule has 118 valence electrons. The summed E-state index contributed by atoms with van der Waals surface area (Å²) in [6.45, 7) is 7.74. The van der Waals surface area contributed by atoms with Crippen molar-refractivity contribution < 1.29 is 14.3 Å². The van der Waals surface area contributed by atoms with Gasteiger partial charge in [0.2, 0.25) is 5.91 Å². The molecule has 2 rings (SSSR count). The minimum absolute atomic E-state index is 0.222. The Morgan fingerprint density at radius 3 is 2.57 bits per heavy atom. The standard InChI is InChI=1S/C17H27NO3/c1-5-11-6-12-8-17(9-14(18)19,13(12)7-11)10-15(20)21-16(2,3)4/h7,12-13H,5-6,8-10H2,1-4H3,(H2,18,19)/t12-,13-,17?/m1/s1. The fourth-order valence-corrected chi connectivity index (χ4v) is 4.01.